The third kappa shape index (κ3) is 3.26. The van der Waals surface area contributed by atoms with Crippen molar-refractivity contribution in [3.05, 3.63) is 83.0 Å². The molecule has 3 nitrogen and oxygen atoms in total. The number of aryl methyl sites for hydroxylation is 2. The number of hydrogen-bond donors (Lipinski definition) is 0. The maximum Gasteiger partial charge on any atom is 0.246 e. The second kappa shape index (κ2) is 6.77. The summed E-state index contributed by atoms with van der Waals surface area (Å²) in [7, 11) is 0. The van der Waals surface area contributed by atoms with Gasteiger partial charge in [-0.3, -0.25) is 0 Å². The average Bonchev–Trinajstić information content (AvgIpc) is 3.09. The van der Waals surface area contributed by atoms with Gasteiger partial charge in [-0.1, -0.05) is 71.3 Å². The summed E-state index contributed by atoms with van der Waals surface area (Å²) in [5.41, 5.74) is 5.86. The lowest BCUT2D eigenvalue weighted by Gasteiger charge is -2.02. The molecule has 0 amide bonds. The minimum Gasteiger partial charge on any atom is -0.434 e. The molecule has 0 aliphatic heterocycles. The first-order valence-electron chi connectivity index (χ1n) is 8.37. The van der Waals surface area contributed by atoms with Crippen molar-refractivity contribution in [1.29, 1.82) is 0 Å². The molecule has 2 aromatic heterocycles. The highest BCUT2D eigenvalue weighted by atomic mass is 35.5. The van der Waals surface area contributed by atoms with Crippen molar-refractivity contribution < 1.29 is 4.42 Å². The largest absolute Gasteiger partial charge is 0.434 e. The molecule has 0 unspecified atom stereocenters. The van der Waals surface area contributed by atoms with Crippen molar-refractivity contribution >= 4 is 11.6 Å². The SMILES string of the molecule is Cc1ccc(-c2nc(-c3ccc(Cl)cn3)oc2-c2ccc(C)cc2)cc1. The van der Waals surface area contributed by atoms with E-state index >= 15 is 0 Å². The Hall–Kier alpha value is -2.91. The molecule has 2 heterocycles. The van der Waals surface area contributed by atoms with E-state index in [0.29, 0.717) is 16.6 Å². The highest BCUT2D eigenvalue weighted by molar-refractivity contribution is 6.30. The van der Waals surface area contributed by atoms with Crippen LogP contribution in [0.3, 0.4) is 0 Å². The summed E-state index contributed by atoms with van der Waals surface area (Å²) >= 11 is 5.94. The molecular weight excluding hydrogens is 344 g/mol. The first kappa shape index (κ1) is 16.6. The second-order valence-corrected chi connectivity index (χ2v) is 6.73. The molecule has 2 aromatic carbocycles. The summed E-state index contributed by atoms with van der Waals surface area (Å²) in [4.78, 5) is 9.07. The molecule has 0 aliphatic rings. The predicted molar refractivity (Wildman–Crippen MR) is 105 cm³/mol. The molecule has 0 radical (unpaired) electrons. The number of pyridine rings is 1. The standard InChI is InChI=1S/C22H17ClN2O/c1-14-3-7-16(8-4-14)20-21(17-9-5-15(2)6-10-17)26-22(25-20)19-12-11-18(23)13-24-19/h3-13H,1-2H3. The summed E-state index contributed by atoms with van der Waals surface area (Å²) < 4.78 is 6.13. The average molecular weight is 361 g/mol. The molecule has 0 fully saturated rings. The Kier molecular flexibility index (Phi) is 4.31. The van der Waals surface area contributed by atoms with Crippen molar-refractivity contribution in [3.63, 3.8) is 0 Å². The number of hydrogen-bond acceptors (Lipinski definition) is 3. The first-order chi connectivity index (χ1) is 12.6. The Bertz CT molecular complexity index is 970. The monoisotopic (exact) mass is 360 g/mol. The topological polar surface area (TPSA) is 38.9 Å². The number of aromatic nitrogens is 2. The maximum atomic E-state index is 6.13. The highest BCUT2D eigenvalue weighted by Crippen LogP contribution is 2.35. The maximum absolute atomic E-state index is 6.13. The van der Waals surface area contributed by atoms with Crippen molar-refractivity contribution in [2.45, 2.75) is 13.8 Å². The van der Waals surface area contributed by atoms with Gasteiger partial charge in [0.05, 0.1) is 5.02 Å². The van der Waals surface area contributed by atoms with Gasteiger partial charge in [0.1, 0.15) is 11.4 Å². The fraction of sp³-hybridized carbons (Fsp3) is 0.0909. The number of rotatable bonds is 3. The molecule has 4 rings (SSSR count). The minimum absolute atomic E-state index is 0.479. The van der Waals surface area contributed by atoms with E-state index in [4.69, 9.17) is 21.0 Å². The van der Waals surface area contributed by atoms with Gasteiger partial charge in [-0.25, -0.2) is 9.97 Å². The zero-order valence-corrected chi connectivity index (χ0v) is 15.3. The molecule has 4 aromatic rings. The molecule has 0 saturated carbocycles. The van der Waals surface area contributed by atoms with Crippen LogP contribution in [0.4, 0.5) is 0 Å². The molecule has 0 spiro atoms. The van der Waals surface area contributed by atoms with E-state index in [1.165, 1.54) is 11.1 Å². The van der Waals surface area contributed by atoms with Gasteiger partial charge < -0.3 is 4.42 Å². The van der Waals surface area contributed by atoms with Crippen molar-refractivity contribution in [1.82, 2.24) is 9.97 Å². The number of benzene rings is 2. The van der Waals surface area contributed by atoms with Crippen LogP contribution < -0.4 is 0 Å². The third-order valence-electron chi connectivity index (χ3n) is 4.21. The van der Waals surface area contributed by atoms with E-state index in [1.54, 1.807) is 12.3 Å². The molecule has 0 bridgehead atoms. The summed E-state index contributed by atoms with van der Waals surface area (Å²) in [6, 6.07) is 20.1. The Morgan fingerprint density at radius 1 is 0.769 bits per heavy atom. The van der Waals surface area contributed by atoms with Crippen LogP contribution in [0, 0.1) is 13.8 Å². The third-order valence-corrected chi connectivity index (χ3v) is 4.44. The van der Waals surface area contributed by atoms with Crippen molar-refractivity contribution in [2.24, 2.45) is 0 Å². The second-order valence-electron chi connectivity index (χ2n) is 6.29. The van der Waals surface area contributed by atoms with Gasteiger partial charge in [-0.15, -0.1) is 0 Å². The van der Waals surface area contributed by atoms with Crippen LogP contribution in [0.15, 0.2) is 71.3 Å². The Morgan fingerprint density at radius 3 is 1.96 bits per heavy atom. The Labute approximate surface area is 157 Å². The molecule has 4 heteroatoms. The van der Waals surface area contributed by atoms with E-state index in [0.717, 1.165) is 22.6 Å². The summed E-state index contributed by atoms with van der Waals surface area (Å²) in [5, 5.41) is 0.581. The first-order valence-corrected chi connectivity index (χ1v) is 8.75. The lowest BCUT2D eigenvalue weighted by molar-refractivity contribution is 0.586. The van der Waals surface area contributed by atoms with Crippen LogP contribution in [0.5, 0.6) is 0 Å². The van der Waals surface area contributed by atoms with E-state index in [9.17, 15) is 0 Å². The highest BCUT2D eigenvalue weighted by Gasteiger charge is 2.18. The normalized spacial score (nSPS) is 10.9. The van der Waals surface area contributed by atoms with E-state index in [2.05, 4.69) is 55.2 Å². The van der Waals surface area contributed by atoms with E-state index in [-0.39, 0.29) is 0 Å². The number of nitrogens with zero attached hydrogens (tertiary/aromatic N) is 2. The lowest BCUT2D eigenvalue weighted by Crippen LogP contribution is -1.85. The van der Waals surface area contributed by atoms with Crippen LogP contribution in [0.1, 0.15) is 11.1 Å². The van der Waals surface area contributed by atoms with Gasteiger partial charge >= 0.3 is 0 Å². The summed E-state index contributed by atoms with van der Waals surface area (Å²) in [6.07, 6.45) is 1.60. The quantitative estimate of drug-likeness (QED) is 0.428. The molecule has 128 valence electrons. The predicted octanol–water partition coefficient (Wildman–Crippen LogP) is 6.34. The van der Waals surface area contributed by atoms with Crippen molar-refractivity contribution in [2.75, 3.05) is 0 Å². The van der Waals surface area contributed by atoms with Crippen LogP contribution >= 0.6 is 11.6 Å². The van der Waals surface area contributed by atoms with Gasteiger partial charge in [0.15, 0.2) is 5.76 Å². The van der Waals surface area contributed by atoms with Gasteiger partial charge in [0.2, 0.25) is 5.89 Å². The molecule has 0 N–H and O–H groups in total. The van der Waals surface area contributed by atoms with E-state index < -0.39 is 0 Å². The van der Waals surface area contributed by atoms with E-state index in [1.807, 2.05) is 18.2 Å². The molecule has 0 aliphatic carbocycles. The molecule has 26 heavy (non-hydrogen) atoms. The lowest BCUT2D eigenvalue weighted by atomic mass is 10.0. The fourth-order valence-electron chi connectivity index (χ4n) is 2.74. The van der Waals surface area contributed by atoms with Crippen LogP contribution in [0.25, 0.3) is 34.2 Å². The fourth-order valence-corrected chi connectivity index (χ4v) is 2.85. The van der Waals surface area contributed by atoms with Crippen LogP contribution in [-0.4, -0.2) is 9.97 Å². The minimum atomic E-state index is 0.479. The van der Waals surface area contributed by atoms with Crippen molar-refractivity contribution in [3.8, 4) is 34.2 Å². The van der Waals surface area contributed by atoms with Crippen LogP contribution in [-0.2, 0) is 0 Å². The van der Waals surface area contributed by atoms with Gasteiger partial charge in [0, 0.05) is 17.3 Å². The Morgan fingerprint density at radius 2 is 1.38 bits per heavy atom. The smallest absolute Gasteiger partial charge is 0.246 e. The number of halogens is 1. The molecular formula is C22H17ClN2O. The number of oxazole rings is 1. The van der Waals surface area contributed by atoms with Gasteiger partial charge in [-0.05, 0) is 26.0 Å². The zero-order valence-electron chi connectivity index (χ0n) is 14.5. The molecule has 0 atom stereocenters. The van der Waals surface area contributed by atoms with Crippen LogP contribution in [0.2, 0.25) is 5.02 Å². The Balaban J connectivity index is 1.88. The molecule has 0 saturated heterocycles. The zero-order chi connectivity index (χ0) is 18.1. The van der Waals surface area contributed by atoms with Gasteiger partial charge in [0.25, 0.3) is 0 Å². The summed E-state index contributed by atoms with van der Waals surface area (Å²) in [5.74, 6) is 1.22. The van der Waals surface area contributed by atoms with Gasteiger partial charge in [-0.2, -0.15) is 0 Å². The summed E-state index contributed by atoms with van der Waals surface area (Å²) in [6.45, 7) is 4.13.